The van der Waals surface area contributed by atoms with Crippen LogP contribution in [0.3, 0.4) is 0 Å². The zero-order valence-corrected chi connectivity index (χ0v) is 19.2. The molecule has 0 spiro atoms. The van der Waals surface area contributed by atoms with Gasteiger partial charge in [0.05, 0.1) is 4.90 Å². The van der Waals surface area contributed by atoms with Crippen LogP contribution < -0.4 is 5.56 Å². The number of nitrogens with one attached hydrogen (secondary N) is 2. The Bertz CT molecular complexity index is 1240. The van der Waals surface area contributed by atoms with Gasteiger partial charge in [0.1, 0.15) is 5.52 Å². The van der Waals surface area contributed by atoms with Gasteiger partial charge in [0.15, 0.2) is 0 Å². The van der Waals surface area contributed by atoms with E-state index in [1.54, 1.807) is 37.5 Å². The van der Waals surface area contributed by atoms with Gasteiger partial charge in [-0.25, -0.2) is 8.42 Å². The smallest absolute Gasteiger partial charge is 0.303 e. The van der Waals surface area contributed by atoms with E-state index >= 15 is 0 Å². The van der Waals surface area contributed by atoms with E-state index in [1.165, 1.54) is 17.1 Å². The van der Waals surface area contributed by atoms with Crippen LogP contribution in [0.4, 0.5) is 0 Å². The Morgan fingerprint density at radius 2 is 1.91 bits per heavy atom. The fourth-order valence-electron chi connectivity index (χ4n) is 3.78. The summed E-state index contributed by atoms with van der Waals surface area (Å²) in [4.78, 5) is 29.9. The predicted molar refractivity (Wildman–Crippen MR) is 124 cm³/mol. The van der Waals surface area contributed by atoms with Gasteiger partial charge in [0, 0.05) is 49.0 Å². The predicted octanol–water partition coefficient (Wildman–Crippen LogP) is 2.60. The van der Waals surface area contributed by atoms with Crippen LogP contribution >= 0.6 is 0 Å². The molecule has 0 unspecified atom stereocenters. The molecule has 3 aromatic rings. The Labute approximate surface area is 187 Å². The number of carbonyl (C=O) groups is 1. The molecule has 1 aliphatic rings. The SMILES string of the molecule is CCCC(=O)O.CN(CCN1CCCC1)S(=O)(=O)c1ccc2[nH]c(=O)c3[nH]ccc3c2c1. The number of aromatic nitrogens is 2. The third kappa shape index (κ3) is 5.37. The second-order valence-electron chi connectivity index (χ2n) is 7.95. The first-order valence-corrected chi connectivity index (χ1v) is 12.2. The van der Waals surface area contributed by atoms with Gasteiger partial charge in [0.25, 0.3) is 5.56 Å². The number of fused-ring (bicyclic) bond motifs is 3. The number of likely N-dealkylation sites (tertiary alicyclic amines) is 1. The molecule has 1 aliphatic heterocycles. The monoisotopic (exact) mass is 462 g/mol. The maximum absolute atomic E-state index is 12.9. The first-order chi connectivity index (χ1) is 15.2. The van der Waals surface area contributed by atoms with Gasteiger partial charge < -0.3 is 20.0 Å². The molecule has 2 aromatic heterocycles. The van der Waals surface area contributed by atoms with Crippen LogP contribution in [0.2, 0.25) is 0 Å². The van der Waals surface area contributed by atoms with Crippen molar-refractivity contribution in [3.8, 4) is 0 Å². The maximum Gasteiger partial charge on any atom is 0.303 e. The summed E-state index contributed by atoms with van der Waals surface area (Å²) in [5.41, 5.74) is 0.867. The molecule has 174 valence electrons. The summed E-state index contributed by atoms with van der Waals surface area (Å²) < 4.78 is 27.3. The highest BCUT2D eigenvalue weighted by Gasteiger charge is 2.23. The lowest BCUT2D eigenvalue weighted by atomic mass is 10.1. The molecule has 9 nitrogen and oxygen atoms in total. The van der Waals surface area contributed by atoms with Crippen molar-refractivity contribution >= 4 is 37.8 Å². The van der Waals surface area contributed by atoms with Crippen molar-refractivity contribution in [3.63, 3.8) is 0 Å². The Hall–Kier alpha value is -2.69. The maximum atomic E-state index is 12.9. The lowest BCUT2D eigenvalue weighted by Gasteiger charge is -2.21. The van der Waals surface area contributed by atoms with Gasteiger partial charge in [-0.05, 0) is 56.6 Å². The van der Waals surface area contributed by atoms with Gasteiger partial charge in [-0.15, -0.1) is 0 Å². The topological polar surface area (TPSA) is 127 Å². The third-order valence-electron chi connectivity index (χ3n) is 5.61. The van der Waals surface area contributed by atoms with E-state index in [-0.39, 0.29) is 10.5 Å². The molecule has 4 rings (SSSR count). The molecule has 32 heavy (non-hydrogen) atoms. The van der Waals surface area contributed by atoms with Crippen molar-refractivity contribution < 1.29 is 18.3 Å². The number of hydrogen-bond donors (Lipinski definition) is 3. The van der Waals surface area contributed by atoms with Crippen molar-refractivity contribution in [2.75, 3.05) is 33.2 Å². The van der Waals surface area contributed by atoms with E-state index in [2.05, 4.69) is 14.9 Å². The van der Waals surface area contributed by atoms with Crippen molar-refractivity contribution in [1.29, 1.82) is 0 Å². The number of benzene rings is 1. The molecule has 1 fully saturated rings. The fraction of sp³-hybridized carbons (Fsp3) is 0.455. The number of sulfonamides is 1. The van der Waals surface area contributed by atoms with E-state index in [0.717, 1.165) is 36.8 Å². The van der Waals surface area contributed by atoms with Gasteiger partial charge in [-0.1, -0.05) is 6.92 Å². The zero-order valence-electron chi connectivity index (χ0n) is 18.4. The number of pyridine rings is 1. The number of nitrogens with zero attached hydrogens (tertiary/aromatic N) is 2. The average molecular weight is 463 g/mol. The molecule has 0 aliphatic carbocycles. The van der Waals surface area contributed by atoms with Crippen molar-refractivity contribution in [2.45, 2.75) is 37.5 Å². The molecule has 3 heterocycles. The Morgan fingerprint density at radius 3 is 2.53 bits per heavy atom. The summed E-state index contributed by atoms with van der Waals surface area (Å²) in [6.07, 6.45) is 5.08. The number of aromatic amines is 2. The summed E-state index contributed by atoms with van der Waals surface area (Å²) in [5.74, 6) is -0.711. The van der Waals surface area contributed by atoms with E-state index in [9.17, 15) is 18.0 Å². The second-order valence-corrected chi connectivity index (χ2v) is 9.99. The quantitative estimate of drug-likeness (QED) is 0.495. The Kier molecular flexibility index (Phi) is 7.70. The number of carboxylic acids is 1. The molecule has 0 radical (unpaired) electrons. The minimum atomic E-state index is -3.58. The number of rotatable bonds is 7. The first-order valence-electron chi connectivity index (χ1n) is 10.8. The number of H-pyrrole nitrogens is 2. The van der Waals surface area contributed by atoms with Gasteiger partial charge >= 0.3 is 5.97 Å². The van der Waals surface area contributed by atoms with Gasteiger partial charge in [-0.3, -0.25) is 9.59 Å². The highest BCUT2D eigenvalue weighted by atomic mass is 32.2. The van der Waals surface area contributed by atoms with Crippen LogP contribution in [0.1, 0.15) is 32.6 Å². The van der Waals surface area contributed by atoms with Crippen LogP contribution in [0.15, 0.2) is 40.2 Å². The summed E-state index contributed by atoms with van der Waals surface area (Å²) in [7, 11) is -1.96. The van der Waals surface area contributed by atoms with E-state index in [1.807, 2.05) is 6.92 Å². The minimum absolute atomic E-state index is 0.212. The molecule has 10 heteroatoms. The molecule has 0 amide bonds. The molecule has 3 N–H and O–H groups in total. The highest BCUT2D eigenvalue weighted by Crippen LogP contribution is 2.25. The zero-order chi connectivity index (χ0) is 23.3. The second kappa shape index (κ2) is 10.3. The summed E-state index contributed by atoms with van der Waals surface area (Å²) in [6, 6.07) is 6.65. The van der Waals surface area contributed by atoms with Crippen LogP contribution in [-0.4, -0.2) is 71.9 Å². The van der Waals surface area contributed by atoms with Crippen molar-refractivity contribution in [2.24, 2.45) is 0 Å². The van der Waals surface area contributed by atoms with Crippen LogP contribution in [0.5, 0.6) is 0 Å². The number of aliphatic carboxylic acids is 1. The number of carboxylic acid groups (broad SMARTS) is 1. The van der Waals surface area contributed by atoms with Crippen LogP contribution in [-0.2, 0) is 14.8 Å². The average Bonchev–Trinajstić information content (AvgIpc) is 3.44. The van der Waals surface area contributed by atoms with Crippen LogP contribution in [0.25, 0.3) is 21.8 Å². The number of hydrogen-bond acceptors (Lipinski definition) is 5. The van der Waals surface area contributed by atoms with Crippen LogP contribution in [0, 0.1) is 0 Å². The molecular weight excluding hydrogens is 432 g/mol. The summed E-state index contributed by atoms with van der Waals surface area (Å²) in [6.45, 7) is 5.14. The van der Waals surface area contributed by atoms with Gasteiger partial charge in [0.2, 0.25) is 10.0 Å². The third-order valence-corrected chi connectivity index (χ3v) is 7.46. The van der Waals surface area contributed by atoms with E-state index < -0.39 is 16.0 Å². The molecule has 0 bridgehead atoms. The Balaban J connectivity index is 0.000000427. The Morgan fingerprint density at radius 1 is 1.19 bits per heavy atom. The highest BCUT2D eigenvalue weighted by molar-refractivity contribution is 7.89. The number of likely N-dealkylation sites (N-methyl/N-ethyl adjacent to an activating group) is 1. The molecule has 0 atom stereocenters. The molecule has 1 saturated heterocycles. The lowest BCUT2D eigenvalue weighted by Crippen LogP contribution is -2.35. The summed E-state index contributed by atoms with van der Waals surface area (Å²) in [5, 5.41) is 9.35. The standard InChI is InChI=1S/C18H22N4O3S.C4H8O2/c1-21(10-11-22-8-2-3-9-22)26(24,25)13-4-5-16-15(12-13)14-6-7-19-17(14)18(23)20-16;1-2-3-4(5)6/h4-7,12,19H,2-3,8-11H2,1H3,(H,20,23);2-3H2,1H3,(H,5,6). The van der Waals surface area contributed by atoms with Gasteiger partial charge in [-0.2, -0.15) is 4.31 Å². The van der Waals surface area contributed by atoms with E-state index in [0.29, 0.717) is 24.0 Å². The largest absolute Gasteiger partial charge is 0.481 e. The fourth-order valence-corrected chi connectivity index (χ4v) is 4.97. The van der Waals surface area contributed by atoms with E-state index in [4.69, 9.17) is 5.11 Å². The van der Waals surface area contributed by atoms with Crippen molar-refractivity contribution in [1.82, 2.24) is 19.2 Å². The normalized spacial score (nSPS) is 14.7. The first kappa shape index (κ1) is 24.0. The molecule has 0 saturated carbocycles. The molecule has 1 aromatic carbocycles. The summed E-state index contributed by atoms with van der Waals surface area (Å²) >= 11 is 0. The van der Waals surface area contributed by atoms with Crippen molar-refractivity contribution in [3.05, 3.63) is 40.8 Å². The lowest BCUT2D eigenvalue weighted by molar-refractivity contribution is -0.137. The minimum Gasteiger partial charge on any atom is -0.481 e. The molecular formula is C22H30N4O5S.